The minimum Gasteiger partial charge on any atom is -0.381 e. The van der Waals surface area contributed by atoms with Gasteiger partial charge >= 0.3 is 0 Å². The summed E-state index contributed by atoms with van der Waals surface area (Å²) < 4.78 is 10.1. The average Bonchev–Trinajstić information content (AvgIpc) is 3.29. The van der Waals surface area contributed by atoms with Crippen molar-refractivity contribution >= 4 is 34.3 Å². The summed E-state index contributed by atoms with van der Waals surface area (Å²) in [6, 6.07) is 4.11. The van der Waals surface area contributed by atoms with Crippen molar-refractivity contribution < 1.29 is 9.37 Å². The van der Waals surface area contributed by atoms with Gasteiger partial charge in [-0.2, -0.15) is 0 Å². The van der Waals surface area contributed by atoms with Gasteiger partial charge in [-0.25, -0.2) is 14.6 Å². The highest BCUT2D eigenvalue weighted by atomic mass is 32.1. The third-order valence-electron chi connectivity index (χ3n) is 4.02. The fourth-order valence-electron chi connectivity index (χ4n) is 2.66. The van der Waals surface area contributed by atoms with Crippen molar-refractivity contribution in [3.05, 3.63) is 22.4 Å². The quantitative estimate of drug-likeness (QED) is 0.702. The lowest BCUT2D eigenvalue weighted by Gasteiger charge is -2.22. The van der Waals surface area contributed by atoms with Crippen LogP contribution in [0.1, 0.15) is 17.7 Å². The highest BCUT2D eigenvalue weighted by Gasteiger charge is 2.17. The maximum Gasteiger partial charge on any atom is 0.245 e. The molecule has 0 bridgehead atoms. The van der Waals surface area contributed by atoms with E-state index in [1.807, 2.05) is 6.07 Å². The molecule has 0 saturated carbocycles. The first-order chi connectivity index (χ1) is 11.9. The van der Waals surface area contributed by atoms with Gasteiger partial charge in [0.1, 0.15) is 0 Å². The highest BCUT2D eigenvalue weighted by molar-refractivity contribution is 7.09. The number of nitrogens with zero attached hydrogens (tertiary/aromatic N) is 4. The predicted molar refractivity (Wildman–Crippen MR) is 91.1 cm³/mol. The van der Waals surface area contributed by atoms with Gasteiger partial charge in [0.25, 0.3) is 0 Å². The molecule has 24 heavy (non-hydrogen) atoms. The Bertz CT molecular complexity index is 784. The molecule has 8 nitrogen and oxygen atoms in total. The maximum atomic E-state index is 5.41. The van der Waals surface area contributed by atoms with E-state index in [1.165, 1.54) is 4.88 Å². The van der Waals surface area contributed by atoms with Gasteiger partial charge in [-0.05, 0) is 40.5 Å². The van der Waals surface area contributed by atoms with E-state index in [4.69, 9.17) is 9.37 Å². The van der Waals surface area contributed by atoms with Crippen LogP contribution in [0.2, 0.25) is 0 Å². The molecule has 3 aromatic heterocycles. The van der Waals surface area contributed by atoms with Gasteiger partial charge in [0, 0.05) is 24.6 Å². The van der Waals surface area contributed by atoms with Gasteiger partial charge < -0.3 is 15.4 Å². The number of ether oxygens (including phenoxy) is 1. The van der Waals surface area contributed by atoms with E-state index in [-0.39, 0.29) is 0 Å². The number of hydrogen-bond acceptors (Lipinski definition) is 9. The summed E-state index contributed by atoms with van der Waals surface area (Å²) in [6.07, 6.45) is 2.12. The van der Waals surface area contributed by atoms with E-state index in [0.29, 0.717) is 35.4 Å². The molecule has 3 aromatic rings. The molecular weight excluding hydrogens is 328 g/mol. The number of thiophene rings is 1. The summed E-state index contributed by atoms with van der Waals surface area (Å²) in [5.41, 5.74) is 0.812. The molecule has 2 N–H and O–H groups in total. The lowest BCUT2D eigenvalue weighted by atomic mass is 10.0. The number of rotatable bonds is 6. The van der Waals surface area contributed by atoms with Crippen LogP contribution >= 0.6 is 11.3 Å². The summed E-state index contributed by atoms with van der Waals surface area (Å²) in [5.74, 6) is 1.93. The summed E-state index contributed by atoms with van der Waals surface area (Å²) in [4.78, 5) is 10.2. The molecule has 0 spiro atoms. The predicted octanol–water partition coefficient (Wildman–Crippen LogP) is 2.52. The Hall–Kier alpha value is -2.26. The van der Waals surface area contributed by atoms with Gasteiger partial charge in [-0.3, -0.25) is 0 Å². The zero-order valence-corrected chi connectivity index (χ0v) is 13.9. The Balaban J connectivity index is 1.50. The Labute approximate surface area is 142 Å². The summed E-state index contributed by atoms with van der Waals surface area (Å²) in [7, 11) is 0. The smallest absolute Gasteiger partial charge is 0.245 e. The standard InChI is InChI=1S/C15H18N6O2S/c1-2-11(24-7-1)9-17-13-12(16-8-10-3-5-22-6-4-10)18-14-15(19-13)21-23-20-14/h1-2,7,10H,3-6,8-9H2,(H,16,18,20)(H,17,19,21). The van der Waals surface area contributed by atoms with Crippen LogP contribution in [0, 0.1) is 5.92 Å². The second-order valence-corrected chi connectivity index (χ2v) is 6.73. The molecule has 0 radical (unpaired) electrons. The molecule has 1 aliphatic rings. The Morgan fingerprint density at radius 3 is 2.54 bits per heavy atom. The lowest BCUT2D eigenvalue weighted by molar-refractivity contribution is 0.0699. The molecule has 4 rings (SSSR count). The first-order valence-corrected chi connectivity index (χ1v) is 8.84. The molecule has 4 heterocycles. The SMILES string of the molecule is c1csc(CNc2nc3nonc3nc2NCC2CCOCC2)c1. The van der Waals surface area contributed by atoms with E-state index in [1.54, 1.807) is 11.3 Å². The number of aromatic nitrogens is 4. The van der Waals surface area contributed by atoms with Gasteiger partial charge in [0.2, 0.25) is 11.3 Å². The molecule has 0 aromatic carbocycles. The minimum absolute atomic E-state index is 0.403. The highest BCUT2D eigenvalue weighted by Crippen LogP contribution is 2.23. The Kier molecular flexibility index (Phi) is 4.52. The molecule has 1 saturated heterocycles. The molecule has 9 heteroatoms. The normalized spacial score (nSPS) is 15.7. The fourth-order valence-corrected chi connectivity index (χ4v) is 3.30. The Morgan fingerprint density at radius 2 is 1.83 bits per heavy atom. The maximum absolute atomic E-state index is 5.41. The molecular formula is C15H18N6O2S. The van der Waals surface area contributed by atoms with E-state index in [0.717, 1.165) is 32.6 Å². The van der Waals surface area contributed by atoms with Crippen molar-refractivity contribution in [1.29, 1.82) is 0 Å². The summed E-state index contributed by atoms with van der Waals surface area (Å²) >= 11 is 1.70. The first kappa shape index (κ1) is 15.3. The van der Waals surface area contributed by atoms with Crippen molar-refractivity contribution in [1.82, 2.24) is 20.3 Å². The first-order valence-electron chi connectivity index (χ1n) is 7.96. The summed E-state index contributed by atoms with van der Waals surface area (Å²) in [6.45, 7) is 3.18. The zero-order valence-electron chi connectivity index (χ0n) is 13.1. The van der Waals surface area contributed by atoms with Crippen LogP contribution in [-0.4, -0.2) is 40.0 Å². The largest absolute Gasteiger partial charge is 0.381 e. The van der Waals surface area contributed by atoms with Gasteiger partial charge in [0.15, 0.2) is 11.6 Å². The molecule has 1 fully saturated rings. The van der Waals surface area contributed by atoms with Crippen LogP contribution in [0.15, 0.2) is 22.1 Å². The number of nitrogens with one attached hydrogen (secondary N) is 2. The molecule has 1 aliphatic heterocycles. The van der Waals surface area contributed by atoms with Crippen molar-refractivity contribution in [2.24, 2.45) is 5.92 Å². The van der Waals surface area contributed by atoms with Gasteiger partial charge in [-0.15, -0.1) is 11.3 Å². The van der Waals surface area contributed by atoms with Crippen LogP contribution < -0.4 is 10.6 Å². The average molecular weight is 346 g/mol. The number of hydrogen-bond donors (Lipinski definition) is 2. The summed E-state index contributed by atoms with van der Waals surface area (Å²) in [5, 5.41) is 16.3. The second-order valence-electron chi connectivity index (χ2n) is 5.70. The second kappa shape index (κ2) is 7.10. The van der Waals surface area contributed by atoms with Crippen molar-refractivity contribution in [3.63, 3.8) is 0 Å². The van der Waals surface area contributed by atoms with Crippen molar-refractivity contribution in [2.45, 2.75) is 19.4 Å². The molecule has 0 aliphatic carbocycles. The monoisotopic (exact) mass is 346 g/mol. The zero-order chi connectivity index (χ0) is 16.2. The Morgan fingerprint density at radius 1 is 1.08 bits per heavy atom. The lowest BCUT2D eigenvalue weighted by Crippen LogP contribution is -2.23. The van der Waals surface area contributed by atoms with Crippen LogP contribution in [0.5, 0.6) is 0 Å². The van der Waals surface area contributed by atoms with E-state index in [9.17, 15) is 0 Å². The minimum atomic E-state index is 0.403. The van der Waals surface area contributed by atoms with Gasteiger partial charge in [-0.1, -0.05) is 6.07 Å². The van der Waals surface area contributed by atoms with Crippen LogP contribution in [0.3, 0.4) is 0 Å². The molecule has 126 valence electrons. The molecule has 0 atom stereocenters. The van der Waals surface area contributed by atoms with Crippen molar-refractivity contribution in [2.75, 3.05) is 30.4 Å². The fraction of sp³-hybridized carbons (Fsp3) is 0.467. The third kappa shape index (κ3) is 3.46. The number of fused-ring (bicyclic) bond motifs is 1. The number of anilines is 2. The topological polar surface area (TPSA) is 98.0 Å². The third-order valence-corrected chi connectivity index (χ3v) is 4.90. The van der Waals surface area contributed by atoms with E-state index in [2.05, 4.69) is 42.4 Å². The van der Waals surface area contributed by atoms with Crippen LogP contribution in [0.25, 0.3) is 11.3 Å². The van der Waals surface area contributed by atoms with E-state index >= 15 is 0 Å². The molecule has 0 amide bonds. The van der Waals surface area contributed by atoms with E-state index < -0.39 is 0 Å². The van der Waals surface area contributed by atoms with Gasteiger partial charge in [0.05, 0.1) is 6.54 Å². The molecule has 0 unspecified atom stereocenters. The van der Waals surface area contributed by atoms with Crippen LogP contribution in [-0.2, 0) is 11.3 Å². The van der Waals surface area contributed by atoms with Crippen molar-refractivity contribution in [3.8, 4) is 0 Å². The van der Waals surface area contributed by atoms with Crippen LogP contribution in [0.4, 0.5) is 11.6 Å².